The minimum absolute atomic E-state index is 0.338. The Balaban J connectivity index is 1.73. The molecule has 0 saturated carbocycles. The average molecular weight is 413 g/mol. The largest absolute Gasteiger partial charge is 0.454 e. The van der Waals surface area contributed by atoms with Crippen LogP contribution < -0.4 is 0 Å². The molecule has 152 valence electrons. The van der Waals surface area contributed by atoms with Crippen molar-refractivity contribution in [1.82, 2.24) is 14.3 Å². The third-order valence-electron chi connectivity index (χ3n) is 5.07. The lowest BCUT2D eigenvalue weighted by Gasteiger charge is -2.23. The predicted molar refractivity (Wildman–Crippen MR) is 111 cm³/mol. The van der Waals surface area contributed by atoms with Gasteiger partial charge in [-0.2, -0.15) is 4.31 Å². The third kappa shape index (κ3) is 3.96. The average Bonchev–Trinajstić information content (AvgIpc) is 3.11. The van der Waals surface area contributed by atoms with Gasteiger partial charge in [0.2, 0.25) is 10.0 Å². The molecule has 0 saturated heterocycles. The highest BCUT2D eigenvalue weighted by molar-refractivity contribution is 7.88. The Morgan fingerprint density at radius 1 is 1.17 bits per heavy atom. The van der Waals surface area contributed by atoms with Crippen LogP contribution in [0.1, 0.15) is 31.7 Å². The smallest absolute Gasteiger partial charge is 0.211 e. The van der Waals surface area contributed by atoms with Crippen LogP contribution in [0.25, 0.3) is 27.8 Å². The van der Waals surface area contributed by atoms with Crippen molar-refractivity contribution in [2.45, 2.75) is 25.9 Å². The van der Waals surface area contributed by atoms with Crippen LogP contribution >= 0.6 is 0 Å². The van der Waals surface area contributed by atoms with Gasteiger partial charge in [0.25, 0.3) is 0 Å². The van der Waals surface area contributed by atoms with Gasteiger partial charge >= 0.3 is 0 Å². The van der Waals surface area contributed by atoms with Gasteiger partial charge in [0.15, 0.2) is 5.58 Å². The summed E-state index contributed by atoms with van der Waals surface area (Å²) in [6.07, 6.45) is 7.09. The van der Waals surface area contributed by atoms with Crippen molar-refractivity contribution in [3.8, 4) is 11.1 Å². The zero-order chi connectivity index (χ0) is 20.8. The number of aromatic nitrogens is 2. The van der Waals surface area contributed by atoms with E-state index in [1.165, 1.54) is 10.6 Å². The molecule has 7 nitrogen and oxygen atoms in total. The summed E-state index contributed by atoms with van der Waals surface area (Å²) < 4.78 is 31.0. The summed E-state index contributed by atoms with van der Waals surface area (Å²) in [5, 5.41) is 10.3. The Morgan fingerprint density at radius 3 is 2.59 bits per heavy atom. The van der Waals surface area contributed by atoms with Gasteiger partial charge in [0.05, 0.1) is 11.9 Å². The highest BCUT2D eigenvalue weighted by Gasteiger charge is 2.23. The van der Waals surface area contributed by atoms with Crippen molar-refractivity contribution in [2.24, 2.45) is 0 Å². The number of nitrogens with zero attached hydrogens (tertiary/aromatic N) is 3. The number of rotatable bonds is 4. The Kier molecular flexibility index (Phi) is 4.80. The fraction of sp³-hybridized carbons (Fsp3) is 0.333. The molecule has 3 aromatic rings. The Bertz CT molecular complexity index is 1210. The first kappa shape index (κ1) is 19.8. The van der Waals surface area contributed by atoms with Crippen molar-refractivity contribution < 1.29 is 17.9 Å². The molecule has 1 aliphatic rings. The molecule has 0 radical (unpaired) electrons. The zero-order valence-corrected chi connectivity index (χ0v) is 17.4. The van der Waals surface area contributed by atoms with Crippen molar-refractivity contribution in [3.05, 3.63) is 54.2 Å². The second-order valence-corrected chi connectivity index (χ2v) is 9.76. The summed E-state index contributed by atoms with van der Waals surface area (Å²) in [5.74, 6) is 0.699. The van der Waals surface area contributed by atoms with E-state index in [1.54, 1.807) is 26.2 Å². The van der Waals surface area contributed by atoms with Gasteiger partial charge in [-0.05, 0) is 49.6 Å². The molecule has 0 aromatic carbocycles. The van der Waals surface area contributed by atoms with E-state index in [2.05, 4.69) is 9.97 Å². The van der Waals surface area contributed by atoms with E-state index in [1.807, 2.05) is 30.3 Å². The van der Waals surface area contributed by atoms with Gasteiger partial charge in [-0.3, -0.25) is 9.97 Å². The van der Waals surface area contributed by atoms with E-state index in [0.29, 0.717) is 36.5 Å². The maximum Gasteiger partial charge on any atom is 0.211 e. The molecule has 29 heavy (non-hydrogen) atoms. The molecular weight excluding hydrogens is 390 g/mol. The molecule has 3 aromatic heterocycles. The van der Waals surface area contributed by atoms with Crippen molar-refractivity contribution in [1.29, 1.82) is 0 Å². The Labute approximate surface area is 169 Å². The molecule has 4 heterocycles. The van der Waals surface area contributed by atoms with E-state index >= 15 is 0 Å². The quantitative estimate of drug-likeness (QED) is 0.706. The zero-order valence-electron chi connectivity index (χ0n) is 16.6. The number of pyridine rings is 2. The summed E-state index contributed by atoms with van der Waals surface area (Å²) in [6.45, 7) is 4.16. The van der Waals surface area contributed by atoms with Gasteiger partial charge in [0, 0.05) is 37.1 Å². The van der Waals surface area contributed by atoms with Crippen LogP contribution in [0.2, 0.25) is 0 Å². The number of fused-ring (bicyclic) bond motifs is 1. The van der Waals surface area contributed by atoms with Crippen molar-refractivity contribution in [3.63, 3.8) is 0 Å². The first-order chi connectivity index (χ1) is 13.6. The van der Waals surface area contributed by atoms with Gasteiger partial charge in [0.1, 0.15) is 16.9 Å². The molecule has 0 unspecified atom stereocenters. The second-order valence-electron chi connectivity index (χ2n) is 7.77. The highest BCUT2D eigenvalue weighted by Crippen LogP contribution is 2.34. The molecule has 0 amide bonds. The number of aliphatic hydroxyl groups is 1. The molecule has 8 heteroatoms. The standard InChI is InChI=1S/C21H23N3O4S/c1-21(2,25)19-12-15(4-8-23-19)16-5-9-22-17-13-18(28-20(16)17)14-6-10-24(11-7-14)29(3,26)27/h4-6,8-9,12-13,25H,7,10-11H2,1-3H3. The van der Waals surface area contributed by atoms with Crippen LogP contribution in [0, 0.1) is 0 Å². The maximum absolute atomic E-state index is 11.7. The van der Waals surface area contributed by atoms with Crippen LogP contribution in [-0.4, -0.2) is 47.1 Å². The molecule has 0 bridgehead atoms. The monoisotopic (exact) mass is 413 g/mol. The van der Waals surface area contributed by atoms with Crippen LogP contribution in [-0.2, 0) is 15.6 Å². The molecule has 0 atom stereocenters. The predicted octanol–water partition coefficient (Wildman–Crippen LogP) is 3.17. The van der Waals surface area contributed by atoms with Crippen molar-refractivity contribution in [2.75, 3.05) is 19.3 Å². The topological polar surface area (TPSA) is 96.5 Å². The summed E-state index contributed by atoms with van der Waals surface area (Å²) in [7, 11) is -3.20. The van der Waals surface area contributed by atoms with Gasteiger partial charge in [-0.25, -0.2) is 8.42 Å². The molecule has 1 aliphatic heterocycles. The molecule has 4 rings (SSSR count). The van der Waals surface area contributed by atoms with E-state index in [-0.39, 0.29) is 0 Å². The fourth-order valence-corrected chi connectivity index (χ4v) is 4.20. The number of furan rings is 1. The van der Waals surface area contributed by atoms with Crippen LogP contribution in [0.5, 0.6) is 0 Å². The lowest BCUT2D eigenvalue weighted by atomic mass is 10.00. The van der Waals surface area contributed by atoms with E-state index in [9.17, 15) is 13.5 Å². The minimum atomic E-state index is -3.20. The summed E-state index contributed by atoms with van der Waals surface area (Å²) in [5.41, 5.74) is 3.62. The van der Waals surface area contributed by atoms with Gasteiger partial charge < -0.3 is 9.52 Å². The summed E-state index contributed by atoms with van der Waals surface area (Å²) in [6, 6.07) is 7.48. The third-order valence-corrected chi connectivity index (χ3v) is 6.34. The van der Waals surface area contributed by atoms with E-state index in [0.717, 1.165) is 22.2 Å². The van der Waals surface area contributed by atoms with Gasteiger partial charge in [-0.1, -0.05) is 6.08 Å². The Morgan fingerprint density at radius 2 is 1.93 bits per heavy atom. The lowest BCUT2D eigenvalue weighted by Crippen LogP contribution is -2.33. The van der Waals surface area contributed by atoms with E-state index in [4.69, 9.17) is 4.42 Å². The molecular formula is C21H23N3O4S. The summed E-state index contributed by atoms with van der Waals surface area (Å²) >= 11 is 0. The van der Waals surface area contributed by atoms with Crippen LogP contribution in [0.4, 0.5) is 0 Å². The number of hydrogen-bond donors (Lipinski definition) is 1. The van der Waals surface area contributed by atoms with Crippen molar-refractivity contribution >= 4 is 26.7 Å². The van der Waals surface area contributed by atoms with Crippen LogP contribution in [0.15, 0.2) is 47.2 Å². The highest BCUT2D eigenvalue weighted by atomic mass is 32.2. The minimum Gasteiger partial charge on any atom is -0.454 e. The molecule has 0 aliphatic carbocycles. The Hall–Kier alpha value is -2.55. The van der Waals surface area contributed by atoms with Gasteiger partial charge in [-0.15, -0.1) is 0 Å². The SMILES string of the molecule is CC(C)(O)c1cc(-c2ccnc3cc(C4=CCN(S(C)(=O)=O)CC4)oc23)ccn1. The second kappa shape index (κ2) is 7.05. The summed E-state index contributed by atoms with van der Waals surface area (Å²) in [4.78, 5) is 8.68. The molecule has 0 fully saturated rings. The first-order valence-corrected chi connectivity index (χ1v) is 11.2. The maximum atomic E-state index is 11.7. The normalized spacial score (nSPS) is 16.2. The lowest BCUT2D eigenvalue weighted by molar-refractivity contribution is 0.0739. The number of hydrogen-bond acceptors (Lipinski definition) is 6. The van der Waals surface area contributed by atoms with E-state index < -0.39 is 15.6 Å². The fourth-order valence-electron chi connectivity index (χ4n) is 3.43. The molecule has 0 spiro atoms. The molecule has 1 N–H and O–H groups in total. The first-order valence-electron chi connectivity index (χ1n) is 9.35. The number of sulfonamides is 1. The van der Waals surface area contributed by atoms with Crippen LogP contribution in [0.3, 0.4) is 0 Å².